The average molecular weight is 257 g/mol. The largest absolute Gasteiger partial charge is 0.311 e. The van der Waals surface area contributed by atoms with Crippen LogP contribution >= 0.6 is 0 Å². The standard InChI is InChI=1S/C15H19N3O/c1-11(2)17-14-4-3-9-18(15(14)19)13-7-5-12(10-16)6-8-13/h5-8,11,14,17H,3-4,9H2,1-2H3. The maximum atomic E-state index is 12.4. The van der Waals surface area contributed by atoms with Crippen molar-refractivity contribution < 1.29 is 4.79 Å². The van der Waals surface area contributed by atoms with E-state index >= 15 is 0 Å². The number of rotatable bonds is 3. The fourth-order valence-corrected chi connectivity index (χ4v) is 2.40. The van der Waals surface area contributed by atoms with Crippen molar-refractivity contribution in [2.75, 3.05) is 11.4 Å². The lowest BCUT2D eigenvalue weighted by atomic mass is 10.0. The fraction of sp³-hybridized carbons (Fsp3) is 0.467. The minimum atomic E-state index is -0.0932. The molecule has 2 rings (SSSR count). The molecule has 4 heteroatoms. The molecule has 0 aliphatic carbocycles. The quantitative estimate of drug-likeness (QED) is 0.901. The summed E-state index contributed by atoms with van der Waals surface area (Å²) >= 11 is 0. The molecule has 1 aromatic carbocycles. The fourth-order valence-electron chi connectivity index (χ4n) is 2.40. The smallest absolute Gasteiger partial charge is 0.244 e. The van der Waals surface area contributed by atoms with Gasteiger partial charge >= 0.3 is 0 Å². The molecule has 1 saturated heterocycles. The Kier molecular flexibility index (Phi) is 4.18. The van der Waals surface area contributed by atoms with Crippen molar-refractivity contribution in [1.29, 1.82) is 5.26 Å². The zero-order chi connectivity index (χ0) is 13.8. The Morgan fingerprint density at radius 1 is 1.37 bits per heavy atom. The van der Waals surface area contributed by atoms with Crippen LogP contribution in [0, 0.1) is 11.3 Å². The highest BCUT2D eigenvalue weighted by Gasteiger charge is 2.29. The molecule has 0 radical (unpaired) electrons. The van der Waals surface area contributed by atoms with Gasteiger partial charge in [0.1, 0.15) is 0 Å². The van der Waals surface area contributed by atoms with E-state index in [1.165, 1.54) is 0 Å². The molecule has 0 bridgehead atoms. The molecule has 4 nitrogen and oxygen atoms in total. The van der Waals surface area contributed by atoms with E-state index in [4.69, 9.17) is 5.26 Å². The van der Waals surface area contributed by atoms with Crippen molar-refractivity contribution in [2.45, 2.75) is 38.8 Å². The number of carbonyl (C=O) groups is 1. The Balaban J connectivity index is 2.14. The molecule has 1 N–H and O–H groups in total. The summed E-state index contributed by atoms with van der Waals surface area (Å²) in [6.45, 7) is 4.85. The summed E-state index contributed by atoms with van der Waals surface area (Å²) in [7, 11) is 0. The van der Waals surface area contributed by atoms with Gasteiger partial charge in [-0.25, -0.2) is 0 Å². The first-order chi connectivity index (χ1) is 9.11. The predicted molar refractivity (Wildman–Crippen MR) is 74.8 cm³/mol. The zero-order valence-corrected chi connectivity index (χ0v) is 11.4. The van der Waals surface area contributed by atoms with Gasteiger partial charge in [-0.3, -0.25) is 4.79 Å². The van der Waals surface area contributed by atoms with Gasteiger partial charge in [-0.1, -0.05) is 13.8 Å². The van der Waals surface area contributed by atoms with Crippen LogP contribution in [-0.4, -0.2) is 24.5 Å². The monoisotopic (exact) mass is 257 g/mol. The lowest BCUT2D eigenvalue weighted by molar-refractivity contribution is -0.121. The van der Waals surface area contributed by atoms with Crippen LogP contribution < -0.4 is 10.2 Å². The van der Waals surface area contributed by atoms with E-state index in [2.05, 4.69) is 11.4 Å². The first-order valence-electron chi connectivity index (χ1n) is 6.69. The van der Waals surface area contributed by atoms with E-state index in [0.717, 1.165) is 25.1 Å². The SMILES string of the molecule is CC(C)NC1CCCN(c2ccc(C#N)cc2)C1=O. The number of amides is 1. The summed E-state index contributed by atoms with van der Waals surface area (Å²) in [5, 5.41) is 12.1. The first kappa shape index (κ1) is 13.6. The summed E-state index contributed by atoms with van der Waals surface area (Å²) in [4.78, 5) is 14.2. The van der Waals surface area contributed by atoms with E-state index in [1.54, 1.807) is 12.1 Å². The number of nitriles is 1. The number of hydrogen-bond acceptors (Lipinski definition) is 3. The Morgan fingerprint density at radius 2 is 2.05 bits per heavy atom. The predicted octanol–water partition coefficient (Wildman–Crippen LogP) is 2.05. The Labute approximate surface area is 114 Å². The summed E-state index contributed by atoms with van der Waals surface area (Å²) in [5.74, 6) is 0.129. The number of nitrogens with one attached hydrogen (secondary N) is 1. The molecule has 0 spiro atoms. The van der Waals surface area contributed by atoms with Crippen LogP contribution in [-0.2, 0) is 4.79 Å². The van der Waals surface area contributed by atoms with Crippen molar-refractivity contribution in [3.8, 4) is 6.07 Å². The van der Waals surface area contributed by atoms with Crippen LogP contribution in [0.15, 0.2) is 24.3 Å². The van der Waals surface area contributed by atoms with Crippen molar-refractivity contribution in [2.24, 2.45) is 0 Å². The molecule has 1 unspecified atom stereocenters. The summed E-state index contributed by atoms with van der Waals surface area (Å²) in [6, 6.07) is 9.48. The third-order valence-electron chi connectivity index (χ3n) is 3.28. The van der Waals surface area contributed by atoms with Gasteiger partial charge in [0, 0.05) is 18.3 Å². The molecular formula is C15H19N3O. The highest BCUT2D eigenvalue weighted by Crippen LogP contribution is 2.21. The summed E-state index contributed by atoms with van der Waals surface area (Å²) in [5.41, 5.74) is 1.49. The molecule has 1 atom stereocenters. The van der Waals surface area contributed by atoms with Crippen molar-refractivity contribution in [3.05, 3.63) is 29.8 Å². The molecule has 100 valence electrons. The van der Waals surface area contributed by atoms with Gasteiger partial charge in [0.25, 0.3) is 0 Å². The normalized spacial score (nSPS) is 19.6. The maximum absolute atomic E-state index is 12.4. The van der Waals surface area contributed by atoms with Crippen LogP contribution in [0.25, 0.3) is 0 Å². The molecule has 0 aromatic heterocycles. The summed E-state index contributed by atoms with van der Waals surface area (Å²) < 4.78 is 0. The van der Waals surface area contributed by atoms with Crippen LogP contribution in [0.2, 0.25) is 0 Å². The van der Waals surface area contributed by atoms with E-state index < -0.39 is 0 Å². The van der Waals surface area contributed by atoms with Gasteiger partial charge in [0.2, 0.25) is 5.91 Å². The lowest BCUT2D eigenvalue weighted by Gasteiger charge is -2.33. The second-order valence-corrected chi connectivity index (χ2v) is 5.16. The summed E-state index contributed by atoms with van der Waals surface area (Å²) in [6.07, 6.45) is 1.89. The maximum Gasteiger partial charge on any atom is 0.244 e. The lowest BCUT2D eigenvalue weighted by Crippen LogP contribution is -2.52. The molecule has 1 aliphatic heterocycles. The Morgan fingerprint density at radius 3 is 2.63 bits per heavy atom. The molecule has 1 amide bonds. The van der Waals surface area contributed by atoms with E-state index in [9.17, 15) is 4.79 Å². The van der Waals surface area contributed by atoms with Crippen LogP contribution in [0.3, 0.4) is 0 Å². The third kappa shape index (κ3) is 3.12. The van der Waals surface area contributed by atoms with Gasteiger partial charge in [0.15, 0.2) is 0 Å². The molecule has 0 saturated carbocycles. The number of carbonyl (C=O) groups excluding carboxylic acids is 1. The van der Waals surface area contributed by atoms with Crippen LogP contribution in [0.4, 0.5) is 5.69 Å². The Hall–Kier alpha value is -1.86. The number of nitrogens with zero attached hydrogens (tertiary/aromatic N) is 2. The van der Waals surface area contributed by atoms with Crippen molar-refractivity contribution in [3.63, 3.8) is 0 Å². The van der Waals surface area contributed by atoms with Crippen LogP contribution in [0.1, 0.15) is 32.3 Å². The van der Waals surface area contributed by atoms with Crippen LogP contribution in [0.5, 0.6) is 0 Å². The van der Waals surface area contributed by atoms with Gasteiger partial charge < -0.3 is 10.2 Å². The number of hydrogen-bond donors (Lipinski definition) is 1. The third-order valence-corrected chi connectivity index (χ3v) is 3.28. The highest BCUT2D eigenvalue weighted by atomic mass is 16.2. The topological polar surface area (TPSA) is 56.1 Å². The molecular weight excluding hydrogens is 238 g/mol. The number of benzene rings is 1. The van der Waals surface area contributed by atoms with Crippen molar-refractivity contribution in [1.82, 2.24) is 5.32 Å². The molecule has 1 heterocycles. The van der Waals surface area contributed by atoms with Gasteiger partial charge in [-0.2, -0.15) is 5.26 Å². The molecule has 1 aliphatic rings. The molecule has 19 heavy (non-hydrogen) atoms. The van der Waals surface area contributed by atoms with E-state index in [0.29, 0.717) is 11.6 Å². The molecule has 1 fully saturated rings. The average Bonchev–Trinajstić information content (AvgIpc) is 2.41. The first-order valence-corrected chi connectivity index (χ1v) is 6.69. The second kappa shape index (κ2) is 5.85. The number of piperidine rings is 1. The minimum Gasteiger partial charge on any atom is -0.311 e. The minimum absolute atomic E-state index is 0.0932. The van der Waals surface area contributed by atoms with E-state index in [-0.39, 0.29) is 11.9 Å². The molecule has 1 aromatic rings. The van der Waals surface area contributed by atoms with E-state index in [1.807, 2.05) is 30.9 Å². The zero-order valence-electron chi connectivity index (χ0n) is 11.4. The van der Waals surface area contributed by atoms with Gasteiger partial charge in [-0.05, 0) is 37.1 Å². The highest BCUT2D eigenvalue weighted by molar-refractivity contribution is 5.98. The Bertz CT molecular complexity index is 487. The van der Waals surface area contributed by atoms with Crippen molar-refractivity contribution >= 4 is 11.6 Å². The van der Waals surface area contributed by atoms with Gasteiger partial charge in [-0.15, -0.1) is 0 Å². The second-order valence-electron chi connectivity index (χ2n) is 5.16. The van der Waals surface area contributed by atoms with Gasteiger partial charge in [0.05, 0.1) is 17.7 Å². The number of anilines is 1.